The summed E-state index contributed by atoms with van der Waals surface area (Å²) in [5.74, 6) is 0.170. The molecule has 0 unspecified atom stereocenters. The van der Waals surface area contributed by atoms with E-state index in [2.05, 4.69) is 39.6 Å². The number of carbonyl (C=O) groups is 1. The Kier molecular flexibility index (Phi) is 4.97. The lowest BCUT2D eigenvalue weighted by Gasteiger charge is -2.31. The number of carbonyl (C=O) groups excluding carboxylic acids is 1. The maximum atomic E-state index is 12.3. The molecule has 0 radical (unpaired) electrons. The largest absolute Gasteiger partial charge is 0.391 e. The number of benzene rings is 1. The Hall–Kier alpha value is -2.18. The Bertz CT molecular complexity index is 726. The van der Waals surface area contributed by atoms with E-state index in [0.29, 0.717) is 11.3 Å². The summed E-state index contributed by atoms with van der Waals surface area (Å²) < 4.78 is 5.00. The average molecular weight is 329 g/mol. The fraction of sp³-hybridized carbons (Fsp3) is 0.444. The van der Waals surface area contributed by atoms with Gasteiger partial charge < -0.3 is 14.9 Å². The van der Waals surface area contributed by atoms with E-state index < -0.39 is 0 Å². The normalized spacial score (nSPS) is 15.8. The fourth-order valence-electron chi connectivity index (χ4n) is 3.19. The van der Waals surface area contributed by atoms with Crippen molar-refractivity contribution in [2.24, 2.45) is 0 Å². The Morgan fingerprint density at radius 2 is 2.17 bits per heavy atom. The molecule has 0 saturated heterocycles. The molecule has 1 aliphatic rings. The molecule has 0 spiro atoms. The predicted octanol–water partition coefficient (Wildman–Crippen LogP) is 1.65. The lowest BCUT2D eigenvalue weighted by Crippen LogP contribution is -2.43. The molecule has 1 aromatic carbocycles. The first kappa shape index (κ1) is 16.7. The number of nitrogens with zero attached hydrogens (tertiary/aromatic N) is 2. The van der Waals surface area contributed by atoms with E-state index in [-0.39, 0.29) is 24.2 Å². The van der Waals surface area contributed by atoms with Crippen LogP contribution in [0.4, 0.5) is 0 Å². The number of hydrogen-bond donors (Lipinski definition) is 2. The molecular weight excluding hydrogens is 306 g/mol. The number of hydrogen-bond acceptors (Lipinski definition) is 5. The van der Waals surface area contributed by atoms with Gasteiger partial charge in [0.15, 0.2) is 5.69 Å². The lowest BCUT2D eigenvalue weighted by molar-refractivity contribution is 0.0915. The van der Waals surface area contributed by atoms with Gasteiger partial charge in [-0.1, -0.05) is 29.4 Å². The van der Waals surface area contributed by atoms with E-state index in [9.17, 15) is 9.90 Å². The predicted molar refractivity (Wildman–Crippen MR) is 89.5 cm³/mol. The molecule has 0 fully saturated rings. The van der Waals surface area contributed by atoms with Crippen LogP contribution in [0.25, 0.3) is 0 Å². The van der Waals surface area contributed by atoms with Crippen molar-refractivity contribution in [2.75, 3.05) is 13.1 Å². The molecule has 2 N–H and O–H groups in total. The maximum Gasteiger partial charge on any atom is 0.274 e. The number of fused-ring (bicyclic) bond motifs is 1. The molecule has 6 heteroatoms. The van der Waals surface area contributed by atoms with Crippen molar-refractivity contribution in [3.05, 3.63) is 52.4 Å². The zero-order chi connectivity index (χ0) is 17.1. The van der Waals surface area contributed by atoms with Gasteiger partial charge in [0, 0.05) is 25.7 Å². The number of rotatable bonds is 5. The summed E-state index contributed by atoms with van der Waals surface area (Å²) in [5, 5.41) is 16.0. The minimum Gasteiger partial charge on any atom is -0.391 e. The van der Waals surface area contributed by atoms with Gasteiger partial charge in [0.25, 0.3) is 5.91 Å². The number of aliphatic hydroxyl groups excluding tert-OH is 1. The number of aromatic nitrogens is 1. The van der Waals surface area contributed by atoms with Crippen LogP contribution in [-0.2, 0) is 19.6 Å². The zero-order valence-electron chi connectivity index (χ0n) is 14.1. The monoisotopic (exact) mass is 329 g/mol. The van der Waals surface area contributed by atoms with Crippen molar-refractivity contribution in [1.29, 1.82) is 0 Å². The minimum absolute atomic E-state index is 0.0219. The van der Waals surface area contributed by atoms with Crippen LogP contribution in [0.2, 0.25) is 0 Å². The van der Waals surface area contributed by atoms with Crippen LogP contribution in [-0.4, -0.2) is 40.2 Å². The summed E-state index contributed by atoms with van der Waals surface area (Å²) in [6, 6.07) is 8.47. The van der Waals surface area contributed by atoms with Gasteiger partial charge in [-0.05, 0) is 31.4 Å². The molecule has 2 heterocycles. The van der Waals surface area contributed by atoms with Crippen LogP contribution in [0.15, 0.2) is 28.8 Å². The molecule has 1 amide bonds. The second-order valence-electron chi connectivity index (χ2n) is 6.35. The van der Waals surface area contributed by atoms with Gasteiger partial charge in [0.2, 0.25) is 0 Å². The first-order valence-electron chi connectivity index (χ1n) is 8.24. The van der Waals surface area contributed by atoms with Gasteiger partial charge >= 0.3 is 0 Å². The summed E-state index contributed by atoms with van der Waals surface area (Å²) in [5.41, 5.74) is 3.39. The minimum atomic E-state index is -0.305. The van der Waals surface area contributed by atoms with Crippen molar-refractivity contribution in [3.63, 3.8) is 0 Å². The van der Waals surface area contributed by atoms with Crippen molar-refractivity contribution in [2.45, 2.75) is 39.5 Å². The lowest BCUT2D eigenvalue weighted by atomic mass is 9.99. The van der Waals surface area contributed by atoms with Crippen molar-refractivity contribution in [3.8, 4) is 0 Å². The Morgan fingerprint density at radius 1 is 1.42 bits per heavy atom. The van der Waals surface area contributed by atoms with E-state index in [1.165, 1.54) is 11.1 Å². The van der Waals surface area contributed by atoms with E-state index in [4.69, 9.17) is 4.52 Å². The number of aryl methyl sites for hydroxylation is 1. The molecule has 3 rings (SSSR count). The molecule has 1 atom stereocenters. The molecule has 6 nitrogen and oxygen atoms in total. The third kappa shape index (κ3) is 3.49. The standard InChI is InChI=1S/C18H23N3O3/c1-12(19-18(23)17-16(11-22)13(2)24-20-17)9-21-8-7-14-5-3-4-6-15(14)10-21/h3-6,12,22H,7-11H2,1-2H3,(H,19,23)/t12-/m1/s1. The Balaban J connectivity index is 1.58. The van der Waals surface area contributed by atoms with Crippen LogP contribution in [0, 0.1) is 6.92 Å². The summed E-state index contributed by atoms with van der Waals surface area (Å²) in [7, 11) is 0. The van der Waals surface area contributed by atoms with Crippen LogP contribution >= 0.6 is 0 Å². The number of aliphatic hydroxyl groups is 1. The Morgan fingerprint density at radius 3 is 2.92 bits per heavy atom. The smallest absolute Gasteiger partial charge is 0.274 e. The summed E-state index contributed by atoms with van der Waals surface area (Å²) in [6.07, 6.45) is 1.04. The summed E-state index contributed by atoms with van der Waals surface area (Å²) >= 11 is 0. The zero-order valence-corrected chi connectivity index (χ0v) is 14.1. The van der Waals surface area contributed by atoms with E-state index in [0.717, 1.165) is 26.1 Å². The van der Waals surface area contributed by atoms with Crippen LogP contribution in [0.5, 0.6) is 0 Å². The molecule has 2 aromatic rings. The number of nitrogens with one attached hydrogen (secondary N) is 1. The molecule has 128 valence electrons. The van der Waals surface area contributed by atoms with Crippen LogP contribution in [0.3, 0.4) is 0 Å². The van der Waals surface area contributed by atoms with Crippen molar-refractivity contribution in [1.82, 2.24) is 15.4 Å². The third-order valence-corrected chi connectivity index (χ3v) is 4.48. The first-order chi connectivity index (χ1) is 11.6. The van der Waals surface area contributed by atoms with Gasteiger partial charge in [0.05, 0.1) is 12.2 Å². The van der Waals surface area contributed by atoms with E-state index >= 15 is 0 Å². The van der Waals surface area contributed by atoms with Crippen molar-refractivity contribution < 1.29 is 14.4 Å². The molecule has 0 aliphatic carbocycles. The second kappa shape index (κ2) is 7.15. The average Bonchev–Trinajstić information content (AvgIpc) is 2.95. The third-order valence-electron chi connectivity index (χ3n) is 4.48. The van der Waals surface area contributed by atoms with Crippen molar-refractivity contribution >= 4 is 5.91 Å². The fourth-order valence-corrected chi connectivity index (χ4v) is 3.19. The van der Waals surface area contributed by atoms with Crippen LogP contribution in [0.1, 0.15) is 39.9 Å². The quantitative estimate of drug-likeness (QED) is 0.872. The summed E-state index contributed by atoms with van der Waals surface area (Å²) in [6.45, 7) is 6.07. The first-order valence-corrected chi connectivity index (χ1v) is 8.24. The van der Waals surface area contributed by atoms with Gasteiger partial charge in [-0.2, -0.15) is 0 Å². The van der Waals surface area contributed by atoms with Gasteiger partial charge in [-0.3, -0.25) is 9.69 Å². The Labute approximate surface area is 141 Å². The van der Waals surface area contributed by atoms with E-state index in [1.807, 2.05) is 6.92 Å². The van der Waals surface area contributed by atoms with E-state index in [1.54, 1.807) is 6.92 Å². The summed E-state index contributed by atoms with van der Waals surface area (Å²) in [4.78, 5) is 14.7. The maximum absolute atomic E-state index is 12.3. The molecule has 1 aromatic heterocycles. The second-order valence-corrected chi connectivity index (χ2v) is 6.35. The SMILES string of the molecule is Cc1onc(C(=O)N[C@H](C)CN2CCc3ccccc3C2)c1CO. The highest BCUT2D eigenvalue weighted by atomic mass is 16.5. The van der Waals surface area contributed by atoms with Crippen LogP contribution < -0.4 is 5.32 Å². The molecule has 1 aliphatic heterocycles. The highest BCUT2D eigenvalue weighted by Gasteiger charge is 2.22. The van der Waals surface area contributed by atoms with Gasteiger partial charge in [-0.15, -0.1) is 0 Å². The topological polar surface area (TPSA) is 78.6 Å². The molecule has 0 bridgehead atoms. The highest BCUT2D eigenvalue weighted by molar-refractivity contribution is 5.93. The molecule has 24 heavy (non-hydrogen) atoms. The highest BCUT2D eigenvalue weighted by Crippen LogP contribution is 2.18. The molecule has 0 saturated carbocycles. The van der Waals surface area contributed by atoms with Gasteiger partial charge in [-0.25, -0.2) is 0 Å². The number of amides is 1. The molecular formula is C18H23N3O3. The van der Waals surface area contributed by atoms with Gasteiger partial charge in [0.1, 0.15) is 5.76 Å².